The molecule has 2 unspecified atom stereocenters. The van der Waals surface area contributed by atoms with E-state index in [0.717, 1.165) is 43.9 Å². The molecular formula is C21H31N3O. The molecule has 0 spiro atoms. The number of hydrogen-bond acceptors (Lipinski definition) is 3. The zero-order valence-corrected chi connectivity index (χ0v) is 15.5. The van der Waals surface area contributed by atoms with Gasteiger partial charge in [-0.3, -0.25) is 4.79 Å². The Morgan fingerprint density at radius 1 is 0.960 bits per heavy atom. The Bertz CT molecular complexity index is 611. The van der Waals surface area contributed by atoms with Crippen molar-refractivity contribution in [2.24, 2.45) is 5.92 Å². The molecule has 25 heavy (non-hydrogen) atoms. The van der Waals surface area contributed by atoms with Crippen LogP contribution < -0.4 is 4.90 Å². The van der Waals surface area contributed by atoms with Crippen molar-refractivity contribution in [3.8, 4) is 0 Å². The first-order valence-corrected chi connectivity index (χ1v) is 10.1. The third-order valence-electron chi connectivity index (χ3n) is 6.46. The Kier molecular flexibility index (Phi) is 4.98. The van der Waals surface area contributed by atoms with Crippen LogP contribution in [0, 0.1) is 5.92 Å². The standard InChI is InChI=1S/C21H31N3O/c1-22-12-7-8-17-16-24(15-11-19(17)22)21(25)18-9-3-4-10-20(18)23-13-5-2-6-14-23/h3-4,9-10,17,19H,2,5-8,11-16H2,1H3. The van der Waals surface area contributed by atoms with E-state index in [9.17, 15) is 4.79 Å². The summed E-state index contributed by atoms with van der Waals surface area (Å²) < 4.78 is 0. The zero-order chi connectivity index (χ0) is 17.2. The van der Waals surface area contributed by atoms with Gasteiger partial charge in [-0.1, -0.05) is 12.1 Å². The fourth-order valence-corrected chi connectivity index (χ4v) is 5.07. The maximum absolute atomic E-state index is 13.3. The minimum Gasteiger partial charge on any atom is -0.371 e. The highest BCUT2D eigenvalue weighted by Crippen LogP contribution is 2.32. The first-order valence-electron chi connectivity index (χ1n) is 10.1. The van der Waals surface area contributed by atoms with E-state index in [1.165, 1.54) is 38.6 Å². The number of likely N-dealkylation sites (tertiary alicyclic amines) is 2. The largest absolute Gasteiger partial charge is 0.371 e. The lowest BCUT2D eigenvalue weighted by atomic mass is 9.84. The van der Waals surface area contributed by atoms with Crippen molar-refractivity contribution in [1.82, 2.24) is 9.80 Å². The molecule has 3 saturated heterocycles. The zero-order valence-electron chi connectivity index (χ0n) is 15.5. The van der Waals surface area contributed by atoms with Gasteiger partial charge in [0.15, 0.2) is 0 Å². The lowest BCUT2D eigenvalue weighted by Gasteiger charge is -2.46. The number of carbonyl (C=O) groups is 1. The van der Waals surface area contributed by atoms with E-state index in [2.05, 4.69) is 33.9 Å². The smallest absolute Gasteiger partial charge is 0.255 e. The predicted molar refractivity (Wildman–Crippen MR) is 102 cm³/mol. The summed E-state index contributed by atoms with van der Waals surface area (Å²) in [6.07, 6.45) is 7.45. The fourth-order valence-electron chi connectivity index (χ4n) is 5.07. The minimum absolute atomic E-state index is 0.243. The van der Waals surface area contributed by atoms with Gasteiger partial charge in [-0.05, 0) is 70.2 Å². The molecule has 3 fully saturated rings. The monoisotopic (exact) mass is 341 g/mol. The average Bonchev–Trinajstić information content (AvgIpc) is 2.68. The maximum atomic E-state index is 13.3. The van der Waals surface area contributed by atoms with Crippen molar-refractivity contribution in [3.63, 3.8) is 0 Å². The lowest BCUT2D eigenvalue weighted by molar-refractivity contribution is 0.0317. The number of carbonyl (C=O) groups excluding carboxylic acids is 1. The number of piperidine rings is 3. The minimum atomic E-state index is 0.243. The summed E-state index contributed by atoms with van der Waals surface area (Å²) >= 11 is 0. The van der Waals surface area contributed by atoms with Crippen LogP contribution in [0.5, 0.6) is 0 Å². The summed E-state index contributed by atoms with van der Waals surface area (Å²) in [6, 6.07) is 8.94. The molecule has 1 amide bonds. The number of benzene rings is 1. The first kappa shape index (κ1) is 16.9. The summed E-state index contributed by atoms with van der Waals surface area (Å²) in [5.41, 5.74) is 2.06. The second-order valence-electron chi connectivity index (χ2n) is 8.05. The molecule has 3 aliphatic rings. The quantitative estimate of drug-likeness (QED) is 0.826. The molecule has 4 rings (SSSR count). The van der Waals surface area contributed by atoms with Crippen molar-refractivity contribution >= 4 is 11.6 Å². The van der Waals surface area contributed by atoms with E-state index >= 15 is 0 Å². The highest BCUT2D eigenvalue weighted by atomic mass is 16.2. The van der Waals surface area contributed by atoms with Gasteiger partial charge in [0.25, 0.3) is 5.91 Å². The molecule has 0 radical (unpaired) electrons. The van der Waals surface area contributed by atoms with Gasteiger partial charge in [0, 0.05) is 37.9 Å². The van der Waals surface area contributed by atoms with Crippen molar-refractivity contribution in [3.05, 3.63) is 29.8 Å². The Labute approximate surface area is 151 Å². The number of amides is 1. The number of para-hydroxylation sites is 1. The van der Waals surface area contributed by atoms with Gasteiger partial charge >= 0.3 is 0 Å². The van der Waals surface area contributed by atoms with E-state index in [-0.39, 0.29) is 5.91 Å². The van der Waals surface area contributed by atoms with Crippen molar-refractivity contribution in [2.45, 2.75) is 44.6 Å². The van der Waals surface area contributed by atoms with Crippen LogP contribution in [0.25, 0.3) is 0 Å². The summed E-state index contributed by atoms with van der Waals surface area (Å²) in [5.74, 6) is 0.895. The number of hydrogen-bond donors (Lipinski definition) is 0. The Morgan fingerprint density at radius 3 is 2.60 bits per heavy atom. The highest BCUT2D eigenvalue weighted by molar-refractivity contribution is 6.00. The van der Waals surface area contributed by atoms with Crippen LogP contribution in [0.2, 0.25) is 0 Å². The molecule has 0 aromatic heterocycles. The molecule has 3 aliphatic heterocycles. The molecular weight excluding hydrogens is 310 g/mol. The van der Waals surface area contributed by atoms with E-state index in [1.807, 2.05) is 12.1 Å². The summed E-state index contributed by atoms with van der Waals surface area (Å²) in [5, 5.41) is 0. The van der Waals surface area contributed by atoms with E-state index in [1.54, 1.807) is 0 Å². The molecule has 1 aromatic carbocycles. The molecule has 136 valence electrons. The van der Waals surface area contributed by atoms with Crippen LogP contribution in [0.3, 0.4) is 0 Å². The first-order chi connectivity index (χ1) is 12.2. The Balaban J connectivity index is 1.51. The van der Waals surface area contributed by atoms with Crippen molar-refractivity contribution < 1.29 is 4.79 Å². The molecule has 0 bridgehead atoms. The van der Waals surface area contributed by atoms with Gasteiger partial charge in [-0.2, -0.15) is 0 Å². The van der Waals surface area contributed by atoms with Gasteiger partial charge in [0.2, 0.25) is 0 Å². The normalized spacial score (nSPS) is 27.9. The summed E-state index contributed by atoms with van der Waals surface area (Å²) in [7, 11) is 2.25. The molecule has 4 heteroatoms. The number of nitrogens with zero attached hydrogens (tertiary/aromatic N) is 3. The number of anilines is 1. The molecule has 1 aromatic rings. The lowest BCUT2D eigenvalue weighted by Crippen LogP contribution is -2.54. The topological polar surface area (TPSA) is 26.8 Å². The maximum Gasteiger partial charge on any atom is 0.255 e. The van der Waals surface area contributed by atoms with Gasteiger partial charge in [-0.25, -0.2) is 0 Å². The third kappa shape index (κ3) is 3.41. The average molecular weight is 341 g/mol. The van der Waals surface area contributed by atoms with E-state index in [0.29, 0.717) is 12.0 Å². The third-order valence-corrected chi connectivity index (χ3v) is 6.46. The van der Waals surface area contributed by atoms with Gasteiger partial charge in [0.1, 0.15) is 0 Å². The SMILES string of the molecule is CN1CCCC2CN(C(=O)c3ccccc3N3CCCCC3)CCC21. The molecule has 3 heterocycles. The van der Waals surface area contributed by atoms with Crippen LogP contribution in [-0.4, -0.2) is 61.5 Å². The predicted octanol–water partition coefficient (Wildman–Crippen LogP) is 3.23. The molecule has 0 saturated carbocycles. The number of fused-ring (bicyclic) bond motifs is 1. The second-order valence-corrected chi connectivity index (χ2v) is 8.05. The van der Waals surface area contributed by atoms with Crippen molar-refractivity contribution in [2.75, 3.05) is 44.7 Å². The fraction of sp³-hybridized carbons (Fsp3) is 0.667. The number of rotatable bonds is 2. The van der Waals surface area contributed by atoms with Gasteiger partial charge < -0.3 is 14.7 Å². The second kappa shape index (κ2) is 7.36. The van der Waals surface area contributed by atoms with Gasteiger partial charge in [0.05, 0.1) is 5.56 Å². The summed E-state index contributed by atoms with van der Waals surface area (Å²) in [4.78, 5) is 20.4. The van der Waals surface area contributed by atoms with Crippen molar-refractivity contribution in [1.29, 1.82) is 0 Å². The van der Waals surface area contributed by atoms with Crippen LogP contribution >= 0.6 is 0 Å². The highest BCUT2D eigenvalue weighted by Gasteiger charge is 2.36. The molecule has 0 N–H and O–H groups in total. The molecule has 0 aliphatic carbocycles. The van der Waals surface area contributed by atoms with E-state index < -0.39 is 0 Å². The van der Waals surface area contributed by atoms with E-state index in [4.69, 9.17) is 0 Å². The van der Waals surface area contributed by atoms with Gasteiger partial charge in [-0.15, -0.1) is 0 Å². The Hall–Kier alpha value is -1.55. The Morgan fingerprint density at radius 2 is 1.76 bits per heavy atom. The summed E-state index contributed by atoms with van der Waals surface area (Å²) in [6.45, 7) is 5.22. The molecule has 2 atom stereocenters. The molecule has 4 nitrogen and oxygen atoms in total. The van der Waals surface area contributed by atoms with Crippen LogP contribution in [0.1, 0.15) is 48.9 Å². The van der Waals surface area contributed by atoms with Crippen LogP contribution in [0.15, 0.2) is 24.3 Å². The van der Waals surface area contributed by atoms with Crippen LogP contribution in [0.4, 0.5) is 5.69 Å². The van der Waals surface area contributed by atoms with Crippen LogP contribution in [-0.2, 0) is 0 Å².